The molecule has 1 aromatic carbocycles. The number of aliphatic hydroxyl groups is 2. The SMILES string of the molecule is CNC(=O)[C@@]12CCC1[C@@H](n1cnc3c(NCc4cccc(Cl)c4)nc(Cl)nc31)C(O)C2O. The summed E-state index contributed by atoms with van der Waals surface area (Å²) in [6.07, 6.45) is 0.445. The molecule has 0 aliphatic heterocycles. The number of nitrogens with zero attached hydrogens (tertiary/aromatic N) is 4. The number of aliphatic hydroxyl groups excluding tert-OH is 2. The first kappa shape index (κ1) is 21.4. The number of hydrogen-bond acceptors (Lipinski definition) is 7. The molecule has 2 heterocycles. The first-order valence-corrected chi connectivity index (χ1v) is 11.1. The molecular formula is C21H22Cl2N6O3. The van der Waals surface area contributed by atoms with Crippen LogP contribution in [0.4, 0.5) is 5.82 Å². The molecule has 2 aliphatic rings. The molecule has 2 fully saturated rings. The van der Waals surface area contributed by atoms with Crippen LogP contribution in [0.15, 0.2) is 30.6 Å². The van der Waals surface area contributed by atoms with E-state index >= 15 is 0 Å². The Kier molecular flexibility index (Phi) is 5.24. The number of rotatable bonds is 5. The molecule has 0 saturated heterocycles. The second-order valence-electron chi connectivity index (χ2n) is 8.34. The lowest BCUT2D eigenvalue weighted by Gasteiger charge is -2.46. The van der Waals surface area contributed by atoms with Gasteiger partial charge in [-0.1, -0.05) is 23.7 Å². The van der Waals surface area contributed by atoms with Crippen LogP contribution in [0.3, 0.4) is 0 Å². The minimum atomic E-state index is -1.18. The van der Waals surface area contributed by atoms with Crippen LogP contribution in [0.5, 0.6) is 0 Å². The predicted molar refractivity (Wildman–Crippen MR) is 119 cm³/mol. The summed E-state index contributed by atoms with van der Waals surface area (Å²) in [5.74, 6) is -0.0665. The lowest BCUT2D eigenvalue weighted by molar-refractivity contribution is -0.151. The summed E-state index contributed by atoms with van der Waals surface area (Å²) in [6, 6.07) is 6.88. The van der Waals surface area contributed by atoms with Crippen molar-refractivity contribution in [1.29, 1.82) is 0 Å². The largest absolute Gasteiger partial charge is 0.389 e. The highest BCUT2D eigenvalue weighted by molar-refractivity contribution is 6.30. The van der Waals surface area contributed by atoms with Crippen LogP contribution in [-0.4, -0.2) is 54.9 Å². The Morgan fingerprint density at radius 1 is 1.31 bits per heavy atom. The van der Waals surface area contributed by atoms with Crippen molar-refractivity contribution in [3.05, 3.63) is 46.5 Å². The molecule has 32 heavy (non-hydrogen) atoms. The molecule has 5 atom stereocenters. The Morgan fingerprint density at radius 2 is 2.12 bits per heavy atom. The van der Waals surface area contributed by atoms with E-state index in [-0.39, 0.29) is 17.1 Å². The van der Waals surface area contributed by atoms with E-state index < -0.39 is 23.7 Å². The predicted octanol–water partition coefficient (Wildman–Crippen LogP) is 2.16. The Bertz CT molecular complexity index is 1200. The van der Waals surface area contributed by atoms with Gasteiger partial charge < -0.3 is 25.4 Å². The minimum Gasteiger partial charge on any atom is -0.389 e. The molecule has 11 heteroatoms. The van der Waals surface area contributed by atoms with Crippen LogP contribution >= 0.6 is 23.2 Å². The molecule has 0 spiro atoms. The highest BCUT2D eigenvalue weighted by Gasteiger charge is 2.68. The van der Waals surface area contributed by atoms with Gasteiger partial charge in [0.1, 0.15) is 6.10 Å². The van der Waals surface area contributed by atoms with Crippen LogP contribution in [0, 0.1) is 11.3 Å². The molecule has 3 unspecified atom stereocenters. The Labute approximate surface area is 193 Å². The maximum Gasteiger partial charge on any atom is 0.229 e. The zero-order valence-corrected chi connectivity index (χ0v) is 18.7. The Balaban J connectivity index is 1.51. The highest BCUT2D eigenvalue weighted by atomic mass is 35.5. The molecule has 5 rings (SSSR count). The van der Waals surface area contributed by atoms with Crippen molar-refractivity contribution < 1.29 is 15.0 Å². The minimum absolute atomic E-state index is 0.0204. The monoisotopic (exact) mass is 476 g/mol. The lowest BCUT2D eigenvalue weighted by Crippen LogP contribution is -2.55. The van der Waals surface area contributed by atoms with E-state index in [1.54, 1.807) is 17.0 Å². The molecule has 2 aromatic heterocycles. The third-order valence-electron chi connectivity index (χ3n) is 6.86. The van der Waals surface area contributed by atoms with Crippen molar-refractivity contribution in [2.45, 2.75) is 37.6 Å². The van der Waals surface area contributed by atoms with E-state index in [9.17, 15) is 15.0 Å². The molecule has 0 bridgehead atoms. The van der Waals surface area contributed by atoms with Crippen LogP contribution < -0.4 is 10.6 Å². The van der Waals surface area contributed by atoms with Gasteiger partial charge in [0.05, 0.1) is 23.9 Å². The van der Waals surface area contributed by atoms with E-state index in [0.29, 0.717) is 41.4 Å². The quantitative estimate of drug-likeness (QED) is 0.415. The first-order chi connectivity index (χ1) is 15.4. The van der Waals surface area contributed by atoms with Gasteiger partial charge >= 0.3 is 0 Å². The fourth-order valence-corrected chi connectivity index (χ4v) is 5.64. The van der Waals surface area contributed by atoms with Gasteiger partial charge in [-0.2, -0.15) is 9.97 Å². The zero-order valence-electron chi connectivity index (χ0n) is 17.2. The third kappa shape index (κ3) is 3.07. The van der Waals surface area contributed by atoms with Crippen LogP contribution in [0.2, 0.25) is 10.3 Å². The van der Waals surface area contributed by atoms with Crippen LogP contribution in [0.1, 0.15) is 24.4 Å². The van der Waals surface area contributed by atoms with E-state index in [1.165, 1.54) is 7.05 Å². The molecule has 2 aliphatic carbocycles. The number of imidazole rings is 1. The van der Waals surface area contributed by atoms with Crippen molar-refractivity contribution in [2.24, 2.45) is 11.3 Å². The third-order valence-corrected chi connectivity index (χ3v) is 7.26. The lowest BCUT2D eigenvalue weighted by atomic mass is 9.59. The summed E-state index contributed by atoms with van der Waals surface area (Å²) in [4.78, 5) is 25.7. The highest BCUT2D eigenvalue weighted by Crippen LogP contribution is 2.62. The number of hydrogen-bond donors (Lipinski definition) is 4. The van der Waals surface area contributed by atoms with Gasteiger partial charge in [-0.15, -0.1) is 0 Å². The van der Waals surface area contributed by atoms with E-state index in [1.807, 2.05) is 18.2 Å². The maximum atomic E-state index is 12.6. The van der Waals surface area contributed by atoms with Crippen molar-refractivity contribution in [1.82, 2.24) is 24.8 Å². The number of carbonyl (C=O) groups is 1. The fourth-order valence-electron chi connectivity index (χ4n) is 5.27. The molecule has 2 saturated carbocycles. The Morgan fingerprint density at radius 3 is 2.81 bits per heavy atom. The van der Waals surface area contributed by atoms with Gasteiger partial charge in [0.25, 0.3) is 0 Å². The van der Waals surface area contributed by atoms with Crippen molar-refractivity contribution in [3.63, 3.8) is 0 Å². The first-order valence-electron chi connectivity index (χ1n) is 10.3. The second-order valence-corrected chi connectivity index (χ2v) is 9.11. The second kappa shape index (κ2) is 7.84. The normalized spacial score (nSPS) is 28.9. The summed E-state index contributed by atoms with van der Waals surface area (Å²) in [6.45, 7) is 0.447. The summed E-state index contributed by atoms with van der Waals surface area (Å²) >= 11 is 12.3. The fraction of sp³-hybridized carbons (Fsp3) is 0.429. The smallest absolute Gasteiger partial charge is 0.229 e. The number of anilines is 1. The maximum absolute atomic E-state index is 12.6. The molecule has 0 radical (unpaired) electrons. The van der Waals surface area contributed by atoms with E-state index in [0.717, 1.165) is 5.56 Å². The average molecular weight is 477 g/mol. The molecule has 4 N–H and O–H groups in total. The standard InChI is InChI=1S/C21H22Cl2N6O3/c1-24-19(32)21-6-5-12(21)14(15(30)16(21)31)29-9-26-13-17(27-20(23)28-18(13)29)25-8-10-3-2-4-11(22)7-10/h2-4,7,9,12,14-16,30-31H,5-6,8H2,1H3,(H,24,32)(H,25,27,28)/t12?,14-,15?,16?,21+/m1/s1. The summed E-state index contributed by atoms with van der Waals surface area (Å²) < 4.78 is 1.70. The molecule has 9 nitrogen and oxygen atoms in total. The number of aromatic nitrogens is 4. The molecular weight excluding hydrogens is 455 g/mol. The number of amides is 1. The number of carbonyl (C=O) groups excluding carboxylic acids is 1. The Hall–Kier alpha value is -2.46. The zero-order chi connectivity index (χ0) is 22.6. The van der Waals surface area contributed by atoms with Gasteiger partial charge in [0.15, 0.2) is 17.0 Å². The van der Waals surface area contributed by atoms with Crippen LogP contribution in [0.25, 0.3) is 11.2 Å². The van der Waals surface area contributed by atoms with Gasteiger partial charge in [-0.3, -0.25) is 4.79 Å². The van der Waals surface area contributed by atoms with Crippen molar-refractivity contribution in [2.75, 3.05) is 12.4 Å². The summed E-state index contributed by atoms with van der Waals surface area (Å²) in [5, 5.41) is 28.2. The van der Waals surface area contributed by atoms with Gasteiger partial charge in [-0.25, -0.2) is 4.98 Å². The van der Waals surface area contributed by atoms with Crippen LogP contribution in [-0.2, 0) is 11.3 Å². The van der Waals surface area contributed by atoms with Gasteiger partial charge in [-0.05, 0) is 48.1 Å². The van der Waals surface area contributed by atoms with Crippen molar-refractivity contribution >= 4 is 46.1 Å². The van der Waals surface area contributed by atoms with E-state index in [4.69, 9.17) is 23.2 Å². The van der Waals surface area contributed by atoms with Gasteiger partial charge in [0.2, 0.25) is 11.2 Å². The number of fused-ring (bicyclic) bond motifs is 2. The summed E-state index contributed by atoms with van der Waals surface area (Å²) in [5.41, 5.74) is 0.850. The molecule has 168 valence electrons. The average Bonchev–Trinajstić information content (AvgIpc) is 3.23. The van der Waals surface area contributed by atoms with Gasteiger partial charge in [0, 0.05) is 18.6 Å². The van der Waals surface area contributed by atoms with Crippen molar-refractivity contribution in [3.8, 4) is 0 Å². The topological polar surface area (TPSA) is 125 Å². The number of benzene rings is 1. The van der Waals surface area contributed by atoms with E-state index in [2.05, 4.69) is 25.6 Å². The summed E-state index contributed by atoms with van der Waals surface area (Å²) in [7, 11) is 1.54. The molecule has 3 aromatic rings. The number of nitrogens with one attached hydrogen (secondary N) is 2. The molecule has 1 amide bonds. The number of halogens is 2.